The van der Waals surface area contributed by atoms with Crippen LogP contribution in [0.1, 0.15) is 41.0 Å². The van der Waals surface area contributed by atoms with Gasteiger partial charge in [-0.15, -0.1) is 0 Å². The Balaban J connectivity index is 4.64. The molecule has 0 aliphatic carbocycles. The number of ether oxygens (including phenoxy) is 2. The average Bonchev–Trinajstić information content (AvgIpc) is 2.47. The van der Waals surface area contributed by atoms with Gasteiger partial charge in [-0.1, -0.05) is 6.92 Å². The first kappa shape index (κ1) is 22.2. The van der Waals surface area contributed by atoms with E-state index in [9.17, 15) is 14.4 Å². The summed E-state index contributed by atoms with van der Waals surface area (Å²) < 4.78 is 9.88. The van der Waals surface area contributed by atoms with Crippen LogP contribution in [-0.4, -0.2) is 67.8 Å². The van der Waals surface area contributed by atoms with E-state index in [4.69, 9.17) is 9.47 Å². The molecule has 2 N–H and O–H groups in total. The smallest absolute Gasteiger partial charge is 0.408 e. The second-order valence-electron chi connectivity index (χ2n) is 6.33. The van der Waals surface area contributed by atoms with Crippen LogP contribution < -0.4 is 10.6 Å². The van der Waals surface area contributed by atoms with Crippen molar-refractivity contribution in [3.63, 3.8) is 0 Å². The average molecular weight is 345 g/mol. The molecule has 2 amide bonds. The number of carbonyl (C=O) groups excluding carboxylic acids is 3. The van der Waals surface area contributed by atoms with Gasteiger partial charge in [-0.05, 0) is 40.7 Å². The van der Waals surface area contributed by atoms with Crippen LogP contribution in [0.4, 0.5) is 4.79 Å². The van der Waals surface area contributed by atoms with Crippen LogP contribution >= 0.6 is 0 Å². The second kappa shape index (κ2) is 10.9. The van der Waals surface area contributed by atoms with Crippen molar-refractivity contribution >= 4 is 18.0 Å². The van der Waals surface area contributed by atoms with E-state index in [0.717, 1.165) is 0 Å². The van der Waals surface area contributed by atoms with Crippen LogP contribution in [0.5, 0.6) is 0 Å². The molecule has 0 rings (SSSR count). The SMILES string of the molecule is CCNC(=O)CN(CC)CCC(NC(=O)OC(C)(C)C)C(=O)OC. The third-order valence-electron chi connectivity index (χ3n) is 3.10. The van der Waals surface area contributed by atoms with E-state index in [1.54, 1.807) is 20.8 Å². The first-order valence-electron chi connectivity index (χ1n) is 8.19. The van der Waals surface area contributed by atoms with Crippen molar-refractivity contribution in [3.8, 4) is 0 Å². The molecule has 0 aromatic carbocycles. The number of nitrogens with one attached hydrogen (secondary N) is 2. The molecule has 0 fully saturated rings. The molecule has 0 spiro atoms. The molecule has 0 radical (unpaired) electrons. The number of nitrogens with zero attached hydrogens (tertiary/aromatic N) is 1. The van der Waals surface area contributed by atoms with E-state index < -0.39 is 23.7 Å². The van der Waals surface area contributed by atoms with Crippen LogP contribution in [0.25, 0.3) is 0 Å². The third kappa shape index (κ3) is 10.0. The predicted molar refractivity (Wildman–Crippen MR) is 90.6 cm³/mol. The van der Waals surface area contributed by atoms with Gasteiger partial charge < -0.3 is 20.1 Å². The highest BCUT2D eigenvalue weighted by Crippen LogP contribution is 2.08. The topological polar surface area (TPSA) is 97.0 Å². The zero-order valence-electron chi connectivity index (χ0n) is 15.6. The number of esters is 1. The van der Waals surface area contributed by atoms with Crippen molar-refractivity contribution < 1.29 is 23.9 Å². The van der Waals surface area contributed by atoms with E-state index in [-0.39, 0.29) is 12.5 Å². The molecule has 0 saturated heterocycles. The van der Waals surface area contributed by atoms with Crippen molar-refractivity contribution in [2.45, 2.75) is 52.7 Å². The maximum atomic E-state index is 11.8. The summed E-state index contributed by atoms with van der Waals surface area (Å²) in [4.78, 5) is 37.2. The highest BCUT2D eigenvalue weighted by atomic mass is 16.6. The molecule has 0 saturated carbocycles. The first-order chi connectivity index (χ1) is 11.1. The minimum atomic E-state index is -0.826. The maximum absolute atomic E-state index is 11.8. The standard InChI is InChI=1S/C16H31N3O5/c1-7-17-13(20)11-19(8-2)10-9-12(14(21)23-6)18-15(22)24-16(3,4)5/h12H,7-11H2,1-6H3,(H,17,20)(H,18,22). The summed E-state index contributed by atoms with van der Waals surface area (Å²) >= 11 is 0. The summed E-state index contributed by atoms with van der Waals surface area (Å²) in [5, 5.41) is 5.25. The zero-order chi connectivity index (χ0) is 18.8. The molecule has 8 heteroatoms. The Labute approximate surface area is 144 Å². The number of amides is 2. The predicted octanol–water partition coefficient (Wildman–Crippen LogP) is 0.901. The summed E-state index contributed by atoms with van der Waals surface area (Å²) in [6.45, 7) is 10.9. The number of carbonyl (C=O) groups is 3. The van der Waals surface area contributed by atoms with Crippen molar-refractivity contribution in [2.75, 3.05) is 33.3 Å². The lowest BCUT2D eigenvalue weighted by atomic mass is 10.2. The highest BCUT2D eigenvalue weighted by Gasteiger charge is 2.25. The van der Waals surface area contributed by atoms with E-state index >= 15 is 0 Å². The van der Waals surface area contributed by atoms with Crippen LogP contribution in [0, 0.1) is 0 Å². The summed E-state index contributed by atoms with van der Waals surface area (Å²) in [5.74, 6) is -0.621. The number of methoxy groups -OCH3 is 1. The van der Waals surface area contributed by atoms with E-state index in [0.29, 0.717) is 26.1 Å². The molecular formula is C16H31N3O5. The van der Waals surface area contributed by atoms with Gasteiger partial charge in [-0.2, -0.15) is 0 Å². The van der Waals surface area contributed by atoms with E-state index in [1.165, 1.54) is 7.11 Å². The fourth-order valence-corrected chi connectivity index (χ4v) is 1.96. The van der Waals surface area contributed by atoms with Crippen LogP contribution in [0.3, 0.4) is 0 Å². The van der Waals surface area contributed by atoms with Gasteiger partial charge in [0.25, 0.3) is 0 Å². The van der Waals surface area contributed by atoms with Crippen molar-refractivity contribution in [1.29, 1.82) is 0 Å². The molecule has 0 aromatic rings. The molecule has 0 heterocycles. The third-order valence-corrected chi connectivity index (χ3v) is 3.10. The minimum Gasteiger partial charge on any atom is -0.467 e. The Morgan fingerprint density at radius 3 is 2.25 bits per heavy atom. The van der Waals surface area contributed by atoms with Gasteiger partial charge in [0.15, 0.2) is 0 Å². The molecular weight excluding hydrogens is 314 g/mol. The number of likely N-dealkylation sites (N-methyl/N-ethyl adjacent to an activating group) is 2. The summed E-state index contributed by atoms with van der Waals surface area (Å²) in [5.41, 5.74) is -0.654. The van der Waals surface area contributed by atoms with Gasteiger partial charge in [0.2, 0.25) is 5.91 Å². The fraction of sp³-hybridized carbons (Fsp3) is 0.812. The zero-order valence-corrected chi connectivity index (χ0v) is 15.6. The Bertz CT molecular complexity index is 420. The van der Waals surface area contributed by atoms with Gasteiger partial charge >= 0.3 is 12.1 Å². The number of hydrogen-bond acceptors (Lipinski definition) is 6. The lowest BCUT2D eigenvalue weighted by Gasteiger charge is -2.25. The van der Waals surface area contributed by atoms with E-state index in [2.05, 4.69) is 10.6 Å². The second-order valence-corrected chi connectivity index (χ2v) is 6.33. The van der Waals surface area contributed by atoms with E-state index in [1.807, 2.05) is 18.7 Å². The molecule has 1 atom stereocenters. The van der Waals surface area contributed by atoms with Gasteiger partial charge in [0.1, 0.15) is 11.6 Å². The molecule has 0 aliphatic heterocycles. The molecule has 140 valence electrons. The van der Waals surface area contributed by atoms with Crippen LogP contribution in [0.15, 0.2) is 0 Å². The number of alkyl carbamates (subject to hydrolysis) is 1. The van der Waals surface area contributed by atoms with Crippen LogP contribution in [-0.2, 0) is 19.1 Å². The Hall–Kier alpha value is -1.83. The fourth-order valence-electron chi connectivity index (χ4n) is 1.96. The summed E-state index contributed by atoms with van der Waals surface area (Å²) in [6.07, 6.45) is -0.358. The molecule has 1 unspecified atom stereocenters. The molecule has 0 bridgehead atoms. The van der Waals surface area contributed by atoms with Gasteiger partial charge in [-0.25, -0.2) is 9.59 Å². The Morgan fingerprint density at radius 1 is 1.17 bits per heavy atom. The summed E-state index contributed by atoms with van der Waals surface area (Å²) in [6, 6.07) is -0.826. The van der Waals surface area contributed by atoms with Gasteiger partial charge in [0, 0.05) is 13.1 Å². The first-order valence-corrected chi connectivity index (χ1v) is 8.19. The lowest BCUT2D eigenvalue weighted by Crippen LogP contribution is -2.46. The Kier molecular flexibility index (Phi) is 10.0. The van der Waals surface area contributed by atoms with Crippen molar-refractivity contribution in [3.05, 3.63) is 0 Å². The van der Waals surface area contributed by atoms with Crippen molar-refractivity contribution in [2.24, 2.45) is 0 Å². The normalized spacial score (nSPS) is 12.5. The Morgan fingerprint density at radius 2 is 1.79 bits per heavy atom. The minimum absolute atomic E-state index is 0.0749. The quantitative estimate of drug-likeness (QED) is 0.603. The lowest BCUT2D eigenvalue weighted by molar-refractivity contribution is -0.143. The summed E-state index contributed by atoms with van der Waals surface area (Å²) in [7, 11) is 1.26. The number of rotatable bonds is 9. The van der Waals surface area contributed by atoms with Gasteiger partial charge in [0.05, 0.1) is 13.7 Å². The molecule has 8 nitrogen and oxygen atoms in total. The highest BCUT2D eigenvalue weighted by molar-refractivity contribution is 5.81. The maximum Gasteiger partial charge on any atom is 0.408 e. The monoisotopic (exact) mass is 345 g/mol. The van der Waals surface area contributed by atoms with Gasteiger partial charge in [-0.3, -0.25) is 9.69 Å². The molecule has 24 heavy (non-hydrogen) atoms. The molecule has 0 aliphatic rings. The largest absolute Gasteiger partial charge is 0.467 e. The molecule has 0 aromatic heterocycles. The van der Waals surface area contributed by atoms with Crippen LogP contribution in [0.2, 0.25) is 0 Å². The van der Waals surface area contributed by atoms with Crippen molar-refractivity contribution in [1.82, 2.24) is 15.5 Å². The number of hydrogen-bond donors (Lipinski definition) is 2.